The monoisotopic (exact) mass is 283 g/mol. The second kappa shape index (κ2) is 5.69. The lowest BCUT2D eigenvalue weighted by Crippen LogP contribution is -2.26. The second-order valence-corrected chi connectivity index (χ2v) is 5.09. The molecule has 3 rings (SSSR count). The number of nitrogens with one attached hydrogen (secondary N) is 1. The van der Waals surface area contributed by atoms with Crippen molar-refractivity contribution in [2.24, 2.45) is 7.05 Å². The highest BCUT2D eigenvalue weighted by atomic mass is 15.3. The van der Waals surface area contributed by atoms with Crippen molar-refractivity contribution in [3.63, 3.8) is 0 Å². The number of benzene rings is 1. The summed E-state index contributed by atoms with van der Waals surface area (Å²) in [4.78, 5) is 4.55. The van der Waals surface area contributed by atoms with E-state index in [-0.39, 0.29) is 6.04 Å². The van der Waals surface area contributed by atoms with Crippen LogP contribution in [0, 0.1) is 0 Å². The van der Waals surface area contributed by atoms with E-state index in [1.165, 1.54) is 5.39 Å². The maximum Gasteiger partial charge on any atom is 0.132 e. The molecule has 0 aliphatic heterocycles. The highest BCUT2D eigenvalue weighted by molar-refractivity contribution is 5.82. The first-order valence-corrected chi connectivity index (χ1v) is 7.42. The van der Waals surface area contributed by atoms with Gasteiger partial charge in [0.05, 0.1) is 11.2 Å². The smallest absolute Gasteiger partial charge is 0.132 e. The van der Waals surface area contributed by atoms with Crippen molar-refractivity contribution in [3.05, 3.63) is 48.2 Å². The van der Waals surface area contributed by atoms with Gasteiger partial charge in [0.15, 0.2) is 0 Å². The van der Waals surface area contributed by atoms with Crippen molar-refractivity contribution in [2.45, 2.75) is 26.4 Å². The van der Waals surface area contributed by atoms with Crippen LogP contribution in [0.5, 0.6) is 0 Å². The van der Waals surface area contributed by atoms with Crippen LogP contribution in [0.1, 0.15) is 31.4 Å². The van der Waals surface area contributed by atoms with Gasteiger partial charge in [0.25, 0.3) is 0 Å². The Hall–Kier alpha value is -2.14. The third-order valence-corrected chi connectivity index (χ3v) is 3.81. The molecule has 0 fully saturated rings. The van der Waals surface area contributed by atoms with Crippen LogP contribution >= 0.6 is 0 Å². The Morgan fingerprint density at radius 2 is 2.05 bits per heavy atom. The Morgan fingerprint density at radius 1 is 1.24 bits per heavy atom. The molecule has 21 heavy (non-hydrogen) atoms. The fraction of sp³-hybridized carbons (Fsp3) is 0.375. The minimum Gasteiger partial charge on any atom is -0.334 e. The number of imidazole rings is 1. The molecule has 1 atom stereocenters. The lowest BCUT2D eigenvalue weighted by Gasteiger charge is -2.17. The summed E-state index contributed by atoms with van der Waals surface area (Å²) in [6.07, 6.45) is 3.87. The number of aryl methyl sites for hydroxylation is 2. The highest BCUT2D eigenvalue weighted by Crippen LogP contribution is 2.27. The number of rotatable bonds is 5. The van der Waals surface area contributed by atoms with E-state index < -0.39 is 0 Å². The lowest BCUT2D eigenvalue weighted by atomic mass is 10.1. The number of nitrogens with zero attached hydrogens (tertiary/aromatic N) is 4. The van der Waals surface area contributed by atoms with Crippen LogP contribution in [0.2, 0.25) is 0 Å². The van der Waals surface area contributed by atoms with E-state index in [1.54, 1.807) is 0 Å². The first-order chi connectivity index (χ1) is 10.3. The molecule has 0 spiro atoms. The fourth-order valence-corrected chi connectivity index (χ4v) is 2.82. The van der Waals surface area contributed by atoms with Gasteiger partial charge in [-0.2, -0.15) is 5.10 Å². The summed E-state index contributed by atoms with van der Waals surface area (Å²) >= 11 is 0. The molecule has 0 saturated carbocycles. The average molecular weight is 283 g/mol. The zero-order chi connectivity index (χ0) is 14.8. The van der Waals surface area contributed by atoms with Crippen LogP contribution in [-0.4, -0.2) is 25.9 Å². The van der Waals surface area contributed by atoms with Crippen molar-refractivity contribution >= 4 is 10.9 Å². The maximum absolute atomic E-state index is 4.74. The third kappa shape index (κ3) is 2.34. The number of hydrogen-bond acceptors (Lipinski definition) is 3. The predicted octanol–water partition coefficient (Wildman–Crippen LogP) is 2.49. The van der Waals surface area contributed by atoms with Gasteiger partial charge in [-0.3, -0.25) is 4.68 Å². The van der Waals surface area contributed by atoms with Crippen LogP contribution in [0.25, 0.3) is 10.9 Å². The fourth-order valence-electron chi connectivity index (χ4n) is 2.82. The topological polar surface area (TPSA) is 47.7 Å². The van der Waals surface area contributed by atoms with Gasteiger partial charge in [-0.1, -0.05) is 25.1 Å². The number of aromatic nitrogens is 4. The molecule has 0 aliphatic carbocycles. The lowest BCUT2D eigenvalue weighted by molar-refractivity contribution is 0.543. The molecule has 1 aromatic carbocycles. The van der Waals surface area contributed by atoms with E-state index >= 15 is 0 Å². The molecule has 0 aliphatic rings. The van der Waals surface area contributed by atoms with E-state index in [9.17, 15) is 0 Å². The zero-order valence-electron chi connectivity index (χ0n) is 12.7. The first-order valence-electron chi connectivity index (χ1n) is 7.42. The highest BCUT2D eigenvalue weighted by Gasteiger charge is 2.23. The van der Waals surface area contributed by atoms with Gasteiger partial charge in [-0.25, -0.2) is 4.98 Å². The van der Waals surface area contributed by atoms with Crippen LogP contribution in [0.15, 0.2) is 36.7 Å². The minimum atomic E-state index is 0.0102. The zero-order valence-corrected chi connectivity index (χ0v) is 12.7. The van der Waals surface area contributed by atoms with Crippen molar-refractivity contribution in [1.82, 2.24) is 24.6 Å². The Balaban J connectivity index is 2.16. The number of para-hydroxylation sites is 1. The molecule has 5 heteroatoms. The van der Waals surface area contributed by atoms with Gasteiger partial charge in [-0.15, -0.1) is 0 Å². The molecule has 0 radical (unpaired) electrons. The standard InChI is InChI=1S/C16H21N5/c1-4-17-15(16-18-10-11-21(16)5-2)14-12-8-6-7-9-13(12)20(3)19-14/h6-11,15,17H,4-5H2,1-3H3. The summed E-state index contributed by atoms with van der Waals surface area (Å²) in [7, 11) is 1.99. The molecule has 0 bridgehead atoms. The minimum absolute atomic E-state index is 0.0102. The van der Waals surface area contributed by atoms with Crippen molar-refractivity contribution in [3.8, 4) is 0 Å². The Bertz CT molecular complexity index is 740. The summed E-state index contributed by atoms with van der Waals surface area (Å²) in [5.41, 5.74) is 2.18. The SMILES string of the molecule is CCNC(c1nn(C)c2ccccc12)c1nccn1CC. The van der Waals surface area contributed by atoms with Crippen molar-refractivity contribution in [1.29, 1.82) is 0 Å². The molecule has 2 aromatic heterocycles. The molecule has 1 unspecified atom stereocenters. The summed E-state index contributed by atoms with van der Waals surface area (Å²) < 4.78 is 4.10. The average Bonchev–Trinajstić information content (AvgIpc) is 3.10. The van der Waals surface area contributed by atoms with Gasteiger partial charge in [-0.05, 0) is 19.5 Å². The second-order valence-electron chi connectivity index (χ2n) is 5.09. The summed E-state index contributed by atoms with van der Waals surface area (Å²) in [6, 6.07) is 8.34. The van der Waals surface area contributed by atoms with Gasteiger partial charge in [0.2, 0.25) is 0 Å². The summed E-state index contributed by atoms with van der Waals surface area (Å²) in [6.45, 7) is 6.01. The molecular formula is C16H21N5. The van der Waals surface area contributed by atoms with E-state index in [0.29, 0.717) is 0 Å². The van der Waals surface area contributed by atoms with Crippen molar-refractivity contribution < 1.29 is 0 Å². The Kier molecular flexibility index (Phi) is 3.75. The van der Waals surface area contributed by atoms with Crippen molar-refractivity contribution in [2.75, 3.05) is 6.54 Å². The molecule has 1 N–H and O–H groups in total. The Labute approximate surface area is 124 Å². The van der Waals surface area contributed by atoms with Gasteiger partial charge >= 0.3 is 0 Å². The maximum atomic E-state index is 4.74. The van der Waals surface area contributed by atoms with E-state index in [0.717, 1.165) is 30.1 Å². The molecule has 110 valence electrons. The number of fused-ring (bicyclic) bond motifs is 1. The third-order valence-electron chi connectivity index (χ3n) is 3.81. The van der Waals surface area contributed by atoms with Crippen LogP contribution in [-0.2, 0) is 13.6 Å². The molecular weight excluding hydrogens is 262 g/mol. The molecule has 0 amide bonds. The predicted molar refractivity (Wildman–Crippen MR) is 84.1 cm³/mol. The molecule has 5 nitrogen and oxygen atoms in total. The van der Waals surface area contributed by atoms with Crippen LogP contribution < -0.4 is 5.32 Å². The molecule has 0 saturated heterocycles. The summed E-state index contributed by atoms with van der Waals surface area (Å²) in [5, 5.41) is 9.44. The van der Waals surface area contributed by atoms with Crippen LogP contribution in [0.4, 0.5) is 0 Å². The molecule has 2 heterocycles. The van der Waals surface area contributed by atoms with Gasteiger partial charge in [0, 0.05) is 31.4 Å². The van der Waals surface area contributed by atoms with E-state index in [1.807, 2.05) is 30.2 Å². The van der Waals surface area contributed by atoms with Gasteiger partial charge < -0.3 is 9.88 Å². The van der Waals surface area contributed by atoms with E-state index in [2.05, 4.69) is 46.9 Å². The number of hydrogen-bond donors (Lipinski definition) is 1. The first kappa shape index (κ1) is 13.8. The van der Waals surface area contributed by atoms with Gasteiger partial charge in [0.1, 0.15) is 11.9 Å². The largest absolute Gasteiger partial charge is 0.334 e. The molecule has 3 aromatic rings. The summed E-state index contributed by atoms with van der Waals surface area (Å²) in [5.74, 6) is 1.02. The quantitative estimate of drug-likeness (QED) is 0.782. The normalized spacial score (nSPS) is 12.9. The van der Waals surface area contributed by atoms with Crippen LogP contribution in [0.3, 0.4) is 0 Å². The van der Waals surface area contributed by atoms with E-state index in [4.69, 9.17) is 5.10 Å². The Morgan fingerprint density at radius 3 is 2.81 bits per heavy atom.